The lowest BCUT2D eigenvalue weighted by Crippen LogP contribution is -2.27. The Morgan fingerprint density at radius 1 is 1.20 bits per heavy atom. The number of aromatic nitrogens is 4. The monoisotopic (exact) mass is 339 g/mol. The first-order valence-corrected chi connectivity index (χ1v) is 8.95. The Balaban J connectivity index is 1.81. The molecule has 6 heteroatoms. The van der Waals surface area contributed by atoms with Gasteiger partial charge in [-0.25, -0.2) is 19.3 Å². The molecule has 4 rings (SSSR count). The summed E-state index contributed by atoms with van der Waals surface area (Å²) in [7, 11) is 0. The number of rotatable bonds is 4. The van der Waals surface area contributed by atoms with Gasteiger partial charge >= 0.3 is 0 Å². The summed E-state index contributed by atoms with van der Waals surface area (Å²) in [5, 5.41) is 0. The van der Waals surface area contributed by atoms with E-state index < -0.39 is 0 Å². The van der Waals surface area contributed by atoms with E-state index in [1.54, 1.807) is 0 Å². The van der Waals surface area contributed by atoms with Gasteiger partial charge in [-0.15, -0.1) is 0 Å². The van der Waals surface area contributed by atoms with Gasteiger partial charge in [-0.05, 0) is 38.3 Å². The molecule has 1 saturated heterocycles. The zero-order valence-electron chi connectivity index (χ0n) is 14.6. The minimum atomic E-state index is -0.295. The van der Waals surface area contributed by atoms with Gasteiger partial charge in [-0.1, -0.05) is 19.1 Å². The molecular weight excluding hydrogens is 317 g/mol. The van der Waals surface area contributed by atoms with Crippen LogP contribution in [0.2, 0.25) is 0 Å². The van der Waals surface area contributed by atoms with Gasteiger partial charge in [0.2, 0.25) is 0 Å². The molecule has 2 aromatic heterocycles. The van der Waals surface area contributed by atoms with Crippen molar-refractivity contribution in [3.05, 3.63) is 47.9 Å². The van der Waals surface area contributed by atoms with Gasteiger partial charge in [0.15, 0.2) is 11.6 Å². The highest BCUT2D eigenvalue weighted by molar-refractivity contribution is 5.76. The van der Waals surface area contributed by atoms with Crippen molar-refractivity contribution in [2.75, 3.05) is 11.4 Å². The molecule has 25 heavy (non-hydrogen) atoms. The number of halogens is 1. The quantitative estimate of drug-likeness (QED) is 0.723. The molecule has 0 radical (unpaired) electrons. The highest BCUT2D eigenvalue weighted by atomic mass is 19.1. The van der Waals surface area contributed by atoms with Gasteiger partial charge in [0.1, 0.15) is 12.2 Å². The molecule has 0 spiro atoms. The summed E-state index contributed by atoms with van der Waals surface area (Å²) in [5.41, 5.74) is 2.59. The minimum Gasteiger partial charge on any atom is -0.344 e. The summed E-state index contributed by atoms with van der Waals surface area (Å²) in [6, 6.07) is 8.20. The maximum absolute atomic E-state index is 14.8. The Bertz CT molecular complexity index is 904. The first kappa shape index (κ1) is 16.0. The Morgan fingerprint density at radius 3 is 2.84 bits per heavy atom. The highest BCUT2D eigenvalue weighted by Crippen LogP contribution is 2.37. The van der Waals surface area contributed by atoms with E-state index in [1.807, 2.05) is 25.1 Å². The number of fused-ring (bicyclic) bond motifs is 1. The molecule has 130 valence electrons. The van der Waals surface area contributed by atoms with Gasteiger partial charge in [-0.3, -0.25) is 0 Å². The van der Waals surface area contributed by atoms with E-state index in [1.165, 1.54) is 6.33 Å². The molecule has 3 aromatic rings. The Labute approximate surface area is 146 Å². The normalized spacial score (nSPS) is 17.6. The van der Waals surface area contributed by atoms with Gasteiger partial charge < -0.3 is 9.47 Å². The predicted octanol–water partition coefficient (Wildman–Crippen LogP) is 3.89. The van der Waals surface area contributed by atoms with Crippen LogP contribution in [0.25, 0.3) is 11.0 Å². The maximum Gasteiger partial charge on any atom is 0.187 e. The number of hydrogen-bond donors (Lipinski definition) is 0. The lowest BCUT2D eigenvalue weighted by molar-refractivity contribution is 0.562. The second kappa shape index (κ2) is 6.43. The van der Waals surface area contributed by atoms with Crippen molar-refractivity contribution in [2.45, 2.75) is 45.7 Å². The van der Waals surface area contributed by atoms with Crippen LogP contribution in [0.3, 0.4) is 0 Å². The van der Waals surface area contributed by atoms with Crippen LogP contribution < -0.4 is 4.90 Å². The summed E-state index contributed by atoms with van der Waals surface area (Å²) < 4.78 is 17.0. The van der Waals surface area contributed by atoms with Crippen LogP contribution in [-0.4, -0.2) is 26.1 Å². The average Bonchev–Trinajstić information content (AvgIpc) is 3.25. The Kier molecular flexibility index (Phi) is 4.11. The number of para-hydroxylation sites is 2. The summed E-state index contributed by atoms with van der Waals surface area (Å²) in [6.07, 6.45) is 3.99. The smallest absolute Gasteiger partial charge is 0.187 e. The van der Waals surface area contributed by atoms with Gasteiger partial charge in [-0.2, -0.15) is 0 Å². The topological polar surface area (TPSA) is 46.8 Å². The lowest BCUT2D eigenvalue weighted by atomic mass is 10.2. The number of aryl methyl sites for hydroxylation is 2. The molecule has 3 heterocycles. The fraction of sp³-hybridized carbons (Fsp3) is 0.421. The average molecular weight is 339 g/mol. The van der Waals surface area contributed by atoms with Crippen molar-refractivity contribution >= 4 is 16.9 Å². The SMILES string of the molecule is CCc1ncnc(N2CCCC2c2nc3ccccc3n2CC)c1F. The molecule has 5 nitrogen and oxygen atoms in total. The maximum atomic E-state index is 14.8. The molecule has 1 fully saturated rings. The van der Waals surface area contributed by atoms with Crippen molar-refractivity contribution < 1.29 is 4.39 Å². The van der Waals surface area contributed by atoms with Crippen LogP contribution in [-0.2, 0) is 13.0 Å². The first-order chi connectivity index (χ1) is 12.2. The van der Waals surface area contributed by atoms with E-state index >= 15 is 0 Å². The number of hydrogen-bond acceptors (Lipinski definition) is 4. The van der Waals surface area contributed by atoms with Gasteiger partial charge in [0.05, 0.1) is 22.8 Å². The van der Waals surface area contributed by atoms with E-state index in [0.29, 0.717) is 17.9 Å². The van der Waals surface area contributed by atoms with E-state index in [9.17, 15) is 4.39 Å². The first-order valence-electron chi connectivity index (χ1n) is 8.95. The third-order valence-corrected chi connectivity index (χ3v) is 5.00. The van der Waals surface area contributed by atoms with Crippen molar-refractivity contribution in [2.24, 2.45) is 0 Å². The number of anilines is 1. The van der Waals surface area contributed by atoms with E-state index in [2.05, 4.69) is 32.4 Å². The second-order valence-corrected chi connectivity index (χ2v) is 6.37. The molecule has 1 aliphatic heterocycles. The van der Waals surface area contributed by atoms with Crippen molar-refractivity contribution in [3.8, 4) is 0 Å². The summed E-state index contributed by atoms with van der Waals surface area (Å²) >= 11 is 0. The van der Waals surface area contributed by atoms with Crippen molar-refractivity contribution in [1.29, 1.82) is 0 Å². The molecule has 0 N–H and O–H groups in total. The minimum absolute atomic E-state index is 0.0430. The molecule has 0 aliphatic carbocycles. The lowest BCUT2D eigenvalue weighted by Gasteiger charge is -2.26. The number of benzene rings is 1. The van der Waals surface area contributed by atoms with Crippen LogP contribution in [0.5, 0.6) is 0 Å². The van der Waals surface area contributed by atoms with Crippen LogP contribution in [0.4, 0.5) is 10.2 Å². The second-order valence-electron chi connectivity index (χ2n) is 6.37. The number of imidazole rings is 1. The summed E-state index contributed by atoms with van der Waals surface area (Å²) in [5.74, 6) is 1.11. The molecule has 0 amide bonds. The van der Waals surface area contributed by atoms with Crippen LogP contribution in [0.15, 0.2) is 30.6 Å². The molecular formula is C19H22FN5. The fourth-order valence-corrected chi connectivity index (χ4v) is 3.81. The van der Waals surface area contributed by atoms with Crippen molar-refractivity contribution in [1.82, 2.24) is 19.5 Å². The number of nitrogens with zero attached hydrogens (tertiary/aromatic N) is 5. The molecule has 1 atom stereocenters. The van der Waals surface area contributed by atoms with E-state index in [4.69, 9.17) is 4.98 Å². The van der Waals surface area contributed by atoms with E-state index in [-0.39, 0.29) is 11.9 Å². The largest absolute Gasteiger partial charge is 0.344 e. The van der Waals surface area contributed by atoms with Gasteiger partial charge in [0, 0.05) is 13.1 Å². The summed E-state index contributed by atoms with van der Waals surface area (Å²) in [6.45, 7) is 5.66. The molecule has 1 aliphatic rings. The summed E-state index contributed by atoms with van der Waals surface area (Å²) in [4.78, 5) is 15.2. The molecule has 1 aromatic carbocycles. The van der Waals surface area contributed by atoms with Crippen molar-refractivity contribution in [3.63, 3.8) is 0 Å². The van der Waals surface area contributed by atoms with Gasteiger partial charge in [0.25, 0.3) is 0 Å². The third-order valence-electron chi connectivity index (χ3n) is 5.00. The Morgan fingerprint density at radius 2 is 2.04 bits per heavy atom. The molecule has 0 saturated carbocycles. The standard InChI is InChI=1S/C19H22FN5/c1-3-13-17(20)19(22-12-21-13)25-11-7-10-16(25)18-23-14-8-5-6-9-15(14)24(18)4-2/h5-6,8-9,12,16H,3-4,7,10-11H2,1-2H3. The molecule has 0 bridgehead atoms. The van der Waals surface area contributed by atoms with Crippen LogP contribution >= 0.6 is 0 Å². The van der Waals surface area contributed by atoms with Crippen LogP contribution in [0.1, 0.15) is 44.2 Å². The highest BCUT2D eigenvalue weighted by Gasteiger charge is 2.33. The predicted molar refractivity (Wildman–Crippen MR) is 96.1 cm³/mol. The zero-order valence-corrected chi connectivity index (χ0v) is 14.6. The third kappa shape index (κ3) is 2.56. The fourth-order valence-electron chi connectivity index (χ4n) is 3.81. The van der Waals surface area contributed by atoms with E-state index in [0.717, 1.165) is 42.8 Å². The Hall–Kier alpha value is -2.50. The molecule has 1 unspecified atom stereocenters. The zero-order chi connectivity index (χ0) is 17.4. The van der Waals surface area contributed by atoms with Crippen LogP contribution in [0, 0.1) is 5.82 Å².